The molecule has 3 rings (SSSR count). The molecule has 1 heterocycles. The molecule has 0 saturated heterocycles. The number of anilines is 1. The third-order valence-electron chi connectivity index (χ3n) is 4.30. The number of methoxy groups -OCH3 is 1. The molecule has 0 bridgehead atoms. The van der Waals surface area contributed by atoms with Crippen LogP contribution in [0.25, 0.3) is 0 Å². The van der Waals surface area contributed by atoms with Crippen molar-refractivity contribution in [2.45, 2.75) is 24.8 Å². The summed E-state index contributed by atoms with van der Waals surface area (Å²) >= 11 is 1.48. The molecule has 0 saturated carbocycles. The lowest BCUT2D eigenvalue weighted by Crippen LogP contribution is -2.29. The predicted molar refractivity (Wildman–Crippen MR) is 115 cm³/mol. The van der Waals surface area contributed by atoms with Crippen LogP contribution >= 0.6 is 11.3 Å². The maximum atomic E-state index is 13.2. The molecule has 0 aliphatic rings. The molecule has 2 N–H and O–H groups in total. The van der Waals surface area contributed by atoms with Crippen molar-refractivity contribution in [1.29, 1.82) is 0 Å². The largest absolute Gasteiger partial charge is 0.495 e. The van der Waals surface area contributed by atoms with E-state index >= 15 is 0 Å². The number of benzene rings is 2. The lowest BCUT2D eigenvalue weighted by molar-refractivity contribution is -0.114. The molecule has 2 aromatic carbocycles. The average molecular weight is 431 g/mol. The summed E-state index contributed by atoms with van der Waals surface area (Å²) in [4.78, 5) is 12.4. The van der Waals surface area contributed by atoms with Crippen LogP contribution in [0.3, 0.4) is 0 Å². The molecular formula is C21H22N2O4S2. The van der Waals surface area contributed by atoms with E-state index in [0.29, 0.717) is 11.4 Å². The molecule has 1 atom stereocenters. The number of sulfonamides is 1. The fourth-order valence-corrected chi connectivity index (χ4v) is 4.98. The smallest absolute Gasteiger partial charge is 0.241 e. The standard InChI is InChI=1S/C21H22N2O4S2/c1-14-6-8-16(9-7-14)21(20-5-4-12-28-20)23-29(25,26)17-10-11-19(27-3)18(13-17)22-15(2)24/h4-13,21,23H,1-3H3,(H,22,24)/t21-/m1/s1. The van der Waals surface area contributed by atoms with Gasteiger partial charge in [0.1, 0.15) is 5.75 Å². The zero-order valence-electron chi connectivity index (χ0n) is 16.3. The monoisotopic (exact) mass is 430 g/mol. The Kier molecular flexibility index (Phi) is 6.36. The molecule has 0 aliphatic carbocycles. The van der Waals surface area contributed by atoms with Gasteiger partial charge in [-0.2, -0.15) is 4.72 Å². The molecule has 6 nitrogen and oxygen atoms in total. The Labute approximate surface area is 174 Å². The minimum absolute atomic E-state index is 0.0377. The molecule has 3 aromatic rings. The van der Waals surface area contributed by atoms with Crippen molar-refractivity contribution in [3.8, 4) is 5.75 Å². The summed E-state index contributed by atoms with van der Waals surface area (Å²) in [6.07, 6.45) is 0. The van der Waals surface area contributed by atoms with Gasteiger partial charge in [0.2, 0.25) is 15.9 Å². The van der Waals surface area contributed by atoms with Gasteiger partial charge in [-0.15, -0.1) is 11.3 Å². The van der Waals surface area contributed by atoms with Crippen molar-refractivity contribution in [1.82, 2.24) is 4.72 Å². The fourth-order valence-electron chi connectivity index (χ4n) is 2.87. The summed E-state index contributed by atoms with van der Waals surface area (Å²) in [7, 11) is -2.42. The van der Waals surface area contributed by atoms with E-state index in [1.54, 1.807) is 0 Å². The van der Waals surface area contributed by atoms with E-state index in [1.165, 1.54) is 43.6 Å². The van der Waals surface area contributed by atoms with Crippen LogP contribution in [0.2, 0.25) is 0 Å². The van der Waals surface area contributed by atoms with Gasteiger partial charge in [0.15, 0.2) is 0 Å². The normalized spacial score (nSPS) is 12.4. The van der Waals surface area contributed by atoms with Crippen molar-refractivity contribution in [3.63, 3.8) is 0 Å². The first-order valence-corrected chi connectivity index (χ1v) is 11.2. The van der Waals surface area contributed by atoms with Crippen molar-refractivity contribution >= 4 is 33.0 Å². The number of thiophene rings is 1. The van der Waals surface area contributed by atoms with E-state index in [9.17, 15) is 13.2 Å². The van der Waals surface area contributed by atoms with Crippen LogP contribution in [0.5, 0.6) is 5.75 Å². The van der Waals surface area contributed by atoms with Crippen LogP contribution in [0.4, 0.5) is 5.69 Å². The molecule has 1 amide bonds. The molecule has 0 spiro atoms. The molecule has 8 heteroatoms. The van der Waals surface area contributed by atoms with Gasteiger partial charge in [-0.25, -0.2) is 8.42 Å². The van der Waals surface area contributed by atoms with Gasteiger partial charge >= 0.3 is 0 Å². The predicted octanol–water partition coefficient (Wildman–Crippen LogP) is 4.09. The second-order valence-electron chi connectivity index (χ2n) is 6.52. The van der Waals surface area contributed by atoms with Gasteiger partial charge in [-0.05, 0) is 42.1 Å². The first-order valence-electron chi connectivity index (χ1n) is 8.88. The Balaban J connectivity index is 1.99. The fraction of sp³-hybridized carbons (Fsp3) is 0.190. The summed E-state index contributed by atoms with van der Waals surface area (Å²) in [5.74, 6) is 0.0643. The first kappa shape index (κ1) is 21.0. The summed E-state index contributed by atoms with van der Waals surface area (Å²) in [6, 6.07) is 15.4. The van der Waals surface area contributed by atoms with Gasteiger partial charge < -0.3 is 10.1 Å². The SMILES string of the molecule is COc1ccc(S(=O)(=O)N[C@H](c2ccc(C)cc2)c2cccs2)cc1NC(C)=O. The molecule has 152 valence electrons. The van der Waals surface area contributed by atoms with Crippen LogP contribution < -0.4 is 14.8 Å². The molecular weight excluding hydrogens is 408 g/mol. The number of ether oxygens (including phenoxy) is 1. The lowest BCUT2D eigenvalue weighted by Gasteiger charge is -2.19. The van der Waals surface area contributed by atoms with Crippen molar-refractivity contribution < 1.29 is 17.9 Å². The molecule has 0 aliphatic heterocycles. The van der Waals surface area contributed by atoms with Gasteiger partial charge in [0.05, 0.1) is 23.7 Å². The van der Waals surface area contributed by atoms with Gasteiger partial charge in [-0.3, -0.25) is 4.79 Å². The minimum atomic E-state index is -3.88. The minimum Gasteiger partial charge on any atom is -0.495 e. The first-order chi connectivity index (χ1) is 13.8. The van der Waals surface area contributed by atoms with Crippen molar-refractivity contribution in [3.05, 3.63) is 76.0 Å². The average Bonchev–Trinajstić information content (AvgIpc) is 3.21. The van der Waals surface area contributed by atoms with Crippen molar-refractivity contribution in [2.75, 3.05) is 12.4 Å². The van der Waals surface area contributed by atoms with Crippen LogP contribution in [0.15, 0.2) is 64.9 Å². The van der Waals surface area contributed by atoms with Gasteiger partial charge in [0.25, 0.3) is 0 Å². The number of nitrogens with one attached hydrogen (secondary N) is 2. The summed E-state index contributed by atoms with van der Waals surface area (Å²) < 4.78 is 34.3. The van der Waals surface area contributed by atoms with Crippen LogP contribution in [-0.2, 0) is 14.8 Å². The highest BCUT2D eigenvalue weighted by Crippen LogP contribution is 2.31. The third kappa shape index (κ3) is 5.03. The maximum Gasteiger partial charge on any atom is 0.241 e. The van der Waals surface area contributed by atoms with Crippen LogP contribution in [0.1, 0.15) is 29.0 Å². The van der Waals surface area contributed by atoms with E-state index in [4.69, 9.17) is 4.74 Å². The third-order valence-corrected chi connectivity index (χ3v) is 6.66. The second kappa shape index (κ2) is 8.77. The van der Waals surface area contributed by atoms with Crippen LogP contribution in [-0.4, -0.2) is 21.4 Å². The molecule has 0 radical (unpaired) electrons. The number of rotatable bonds is 7. The summed E-state index contributed by atoms with van der Waals surface area (Å²) in [5.41, 5.74) is 2.24. The Bertz CT molecular complexity index is 1090. The molecule has 1 aromatic heterocycles. The van der Waals surface area contributed by atoms with E-state index in [1.807, 2.05) is 48.7 Å². The Hall–Kier alpha value is -2.68. The molecule has 0 fully saturated rings. The zero-order chi connectivity index (χ0) is 21.0. The van der Waals surface area contributed by atoms with Gasteiger partial charge in [0, 0.05) is 11.8 Å². The lowest BCUT2D eigenvalue weighted by atomic mass is 10.0. The highest BCUT2D eigenvalue weighted by molar-refractivity contribution is 7.89. The Morgan fingerprint density at radius 2 is 1.83 bits per heavy atom. The molecule has 0 unspecified atom stereocenters. The number of hydrogen-bond donors (Lipinski definition) is 2. The Morgan fingerprint density at radius 3 is 2.41 bits per heavy atom. The molecule has 29 heavy (non-hydrogen) atoms. The van der Waals surface area contributed by atoms with E-state index < -0.39 is 16.1 Å². The quantitative estimate of drug-likeness (QED) is 0.591. The number of hydrogen-bond acceptors (Lipinski definition) is 5. The summed E-state index contributed by atoms with van der Waals surface area (Å²) in [6.45, 7) is 3.33. The highest BCUT2D eigenvalue weighted by Gasteiger charge is 2.24. The van der Waals surface area contributed by atoms with E-state index in [2.05, 4.69) is 10.0 Å². The summed E-state index contributed by atoms with van der Waals surface area (Å²) in [5, 5.41) is 4.51. The van der Waals surface area contributed by atoms with Crippen LogP contribution in [0, 0.1) is 6.92 Å². The second-order valence-corrected chi connectivity index (χ2v) is 9.22. The Morgan fingerprint density at radius 1 is 1.10 bits per heavy atom. The van der Waals surface area contributed by atoms with Gasteiger partial charge in [-0.1, -0.05) is 35.9 Å². The number of amides is 1. The van der Waals surface area contributed by atoms with E-state index in [-0.39, 0.29) is 10.8 Å². The topological polar surface area (TPSA) is 84.5 Å². The zero-order valence-corrected chi connectivity index (χ0v) is 17.9. The highest BCUT2D eigenvalue weighted by atomic mass is 32.2. The number of aryl methyl sites for hydroxylation is 1. The maximum absolute atomic E-state index is 13.2. The van der Waals surface area contributed by atoms with Crippen molar-refractivity contribution in [2.24, 2.45) is 0 Å². The number of carbonyl (C=O) groups excluding carboxylic acids is 1. The van der Waals surface area contributed by atoms with E-state index in [0.717, 1.165) is 16.0 Å². The number of carbonyl (C=O) groups is 1.